The van der Waals surface area contributed by atoms with Gasteiger partial charge in [-0.1, -0.05) is 26.0 Å². The van der Waals surface area contributed by atoms with E-state index < -0.39 is 35.5 Å². The van der Waals surface area contributed by atoms with Gasteiger partial charge in [-0.3, -0.25) is 34.9 Å². The van der Waals surface area contributed by atoms with E-state index in [-0.39, 0.29) is 55.1 Å². The Kier molecular flexibility index (Phi) is 5.12. The normalized spacial score (nSPS) is 32.4. The Morgan fingerprint density at radius 1 is 1.21 bits per heavy atom. The second kappa shape index (κ2) is 7.90. The predicted molar refractivity (Wildman–Crippen MR) is 134 cm³/mol. The highest BCUT2D eigenvalue weighted by molar-refractivity contribution is 6.02. The lowest BCUT2D eigenvalue weighted by Crippen LogP contribution is -2.90. The van der Waals surface area contributed by atoms with Gasteiger partial charge < -0.3 is 21.3 Å². The molecule has 9 N–H and O–H groups in total. The lowest BCUT2D eigenvalue weighted by Gasteiger charge is -2.46. The number of carbonyl (C=O) groups excluding carboxylic acids is 3. The molecule has 6 rings (SSSR count). The number of aryl methyl sites for hydroxylation is 1. The zero-order valence-electron chi connectivity index (χ0n) is 21.3. The molecule has 1 aromatic rings. The molecular weight excluding hydrogens is 492 g/mol. The van der Waals surface area contributed by atoms with Crippen molar-refractivity contribution in [3.63, 3.8) is 0 Å². The van der Waals surface area contributed by atoms with Gasteiger partial charge in [-0.05, 0) is 35.4 Å². The number of benzene rings is 1. The van der Waals surface area contributed by atoms with Crippen LogP contribution in [0.25, 0.3) is 0 Å². The van der Waals surface area contributed by atoms with E-state index in [4.69, 9.17) is 11.5 Å². The van der Waals surface area contributed by atoms with Gasteiger partial charge in [-0.25, -0.2) is 10.3 Å². The van der Waals surface area contributed by atoms with Crippen LogP contribution in [-0.2, 0) is 21.4 Å². The summed E-state index contributed by atoms with van der Waals surface area (Å²) in [4.78, 5) is 48.2. The molecule has 0 radical (unpaired) electrons. The molecule has 0 bridgehead atoms. The summed E-state index contributed by atoms with van der Waals surface area (Å²) in [5, 5.41) is 29.1. The number of carbonyl (C=O) groups is 3. The molecule has 1 aromatic carbocycles. The number of guanidine groups is 2. The van der Waals surface area contributed by atoms with Gasteiger partial charge in [0, 0.05) is 18.4 Å². The standard InChI is InChI=1S/C25H32N8O5/c1-23(2)9-8-12-4-3-5-13(18(12)23)20(36)29-15-11-33-22(27)28-14(10-32-16(34)6-7-17(32)35)19-24(33,25(15,37)38)31-21(26)30-19/h3-5,14-15,19,37-38H,6-11H2,1-2H3,(H2,27,28)(H,29,36)(H3,26,30,31)/p+1/t14-,15?,19-,24-/m0/s1. The van der Waals surface area contributed by atoms with Crippen LogP contribution in [0.5, 0.6) is 0 Å². The number of nitrogens with two attached hydrogens (primary N) is 2. The molecule has 0 saturated carbocycles. The van der Waals surface area contributed by atoms with E-state index in [0.717, 1.165) is 28.9 Å². The fourth-order valence-corrected chi connectivity index (χ4v) is 6.94. The minimum Gasteiger partial charge on any atom is -0.370 e. The molecule has 5 aliphatic rings. The van der Waals surface area contributed by atoms with Crippen molar-refractivity contribution < 1.29 is 29.6 Å². The molecule has 4 aliphatic heterocycles. The zero-order chi connectivity index (χ0) is 27.2. The van der Waals surface area contributed by atoms with E-state index in [0.29, 0.717) is 5.56 Å². The van der Waals surface area contributed by atoms with Crippen molar-refractivity contribution in [2.24, 2.45) is 16.5 Å². The Labute approximate surface area is 218 Å². The minimum atomic E-state index is -2.58. The Hall–Kier alpha value is -3.71. The van der Waals surface area contributed by atoms with E-state index in [1.54, 1.807) is 6.07 Å². The van der Waals surface area contributed by atoms with Gasteiger partial charge in [-0.2, -0.15) is 0 Å². The highest BCUT2D eigenvalue weighted by atomic mass is 16.5. The van der Waals surface area contributed by atoms with Gasteiger partial charge >= 0.3 is 5.96 Å². The lowest BCUT2D eigenvalue weighted by molar-refractivity contribution is -0.521. The molecule has 2 saturated heterocycles. The summed E-state index contributed by atoms with van der Waals surface area (Å²) in [5.41, 5.74) is 13.1. The molecule has 202 valence electrons. The highest BCUT2D eigenvalue weighted by Gasteiger charge is 2.76. The van der Waals surface area contributed by atoms with E-state index in [1.807, 2.05) is 12.1 Å². The lowest BCUT2D eigenvalue weighted by atomic mass is 9.83. The van der Waals surface area contributed by atoms with Gasteiger partial charge in [0.2, 0.25) is 17.6 Å². The van der Waals surface area contributed by atoms with Crippen LogP contribution in [0.15, 0.2) is 23.2 Å². The second-order valence-electron chi connectivity index (χ2n) is 11.5. The summed E-state index contributed by atoms with van der Waals surface area (Å²) in [6.07, 6.45) is 2.02. The molecule has 2 fully saturated rings. The monoisotopic (exact) mass is 525 g/mol. The Morgan fingerprint density at radius 3 is 2.63 bits per heavy atom. The summed E-state index contributed by atoms with van der Waals surface area (Å²) >= 11 is 0. The van der Waals surface area contributed by atoms with Crippen molar-refractivity contribution in [2.45, 2.75) is 74.5 Å². The van der Waals surface area contributed by atoms with Crippen LogP contribution in [0.1, 0.15) is 54.6 Å². The maximum absolute atomic E-state index is 13.6. The molecule has 4 atom stereocenters. The molecular formula is C25H33N8O5+. The largest absolute Gasteiger partial charge is 0.370 e. The van der Waals surface area contributed by atoms with E-state index in [9.17, 15) is 24.6 Å². The average Bonchev–Trinajstić information content (AvgIpc) is 3.54. The molecule has 4 heterocycles. The second-order valence-corrected chi connectivity index (χ2v) is 11.5. The predicted octanol–water partition coefficient (Wildman–Crippen LogP) is -4.09. The third kappa shape index (κ3) is 3.21. The number of nitrogens with zero attached hydrogens (tertiary/aromatic N) is 3. The van der Waals surface area contributed by atoms with Gasteiger partial charge in [0.05, 0.1) is 13.1 Å². The molecule has 3 amide bonds. The first-order chi connectivity index (χ1) is 17.9. The third-order valence-electron chi connectivity index (χ3n) is 8.80. The maximum atomic E-state index is 13.6. The quantitative estimate of drug-likeness (QED) is 0.151. The van der Waals surface area contributed by atoms with Crippen LogP contribution >= 0.6 is 0 Å². The van der Waals surface area contributed by atoms with Crippen LogP contribution in [0.4, 0.5) is 0 Å². The van der Waals surface area contributed by atoms with Crippen LogP contribution in [0, 0.1) is 0 Å². The van der Waals surface area contributed by atoms with Crippen molar-refractivity contribution in [2.75, 3.05) is 13.1 Å². The molecule has 0 aromatic heterocycles. The van der Waals surface area contributed by atoms with Crippen LogP contribution < -0.4 is 27.1 Å². The summed E-state index contributed by atoms with van der Waals surface area (Å²) in [6.45, 7) is 4.02. The minimum absolute atomic E-state index is 0.0275. The van der Waals surface area contributed by atoms with Crippen molar-refractivity contribution in [1.82, 2.24) is 20.4 Å². The Morgan fingerprint density at radius 2 is 1.92 bits per heavy atom. The molecule has 1 unspecified atom stereocenters. The number of amides is 3. The number of hydrogen-bond donors (Lipinski definition) is 7. The summed E-state index contributed by atoms with van der Waals surface area (Å²) in [7, 11) is 0. The number of hydrogen-bond acceptors (Lipinski definition) is 10. The zero-order valence-corrected chi connectivity index (χ0v) is 21.3. The molecule has 1 spiro atoms. The van der Waals surface area contributed by atoms with Crippen LogP contribution in [0.2, 0.25) is 0 Å². The number of imide groups is 1. The summed E-state index contributed by atoms with van der Waals surface area (Å²) in [6, 6.07) is 2.72. The maximum Gasteiger partial charge on any atom is 0.343 e. The first kappa shape index (κ1) is 24.6. The number of aliphatic imine (C=N–C) groups is 1. The molecule has 1 aliphatic carbocycles. The fourth-order valence-electron chi connectivity index (χ4n) is 6.94. The van der Waals surface area contributed by atoms with Crippen molar-refractivity contribution in [3.05, 3.63) is 34.9 Å². The van der Waals surface area contributed by atoms with E-state index >= 15 is 0 Å². The third-order valence-corrected chi connectivity index (χ3v) is 8.80. The Bertz CT molecular complexity index is 1310. The molecule has 13 nitrogen and oxygen atoms in total. The van der Waals surface area contributed by atoms with Crippen molar-refractivity contribution >= 4 is 29.6 Å². The first-order valence-electron chi connectivity index (χ1n) is 12.9. The van der Waals surface area contributed by atoms with E-state index in [1.165, 1.54) is 4.90 Å². The van der Waals surface area contributed by atoms with Crippen molar-refractivity contribution in [1.29, 1.82) is 0 Å². The average molecular weight is 526 g/mol. The SMILES string of the molecule is CC1(C)CCc2cccc(C(=O)NC3CN4C(N)=N[C@@H](CN5C(=O)CCC5=O)[C@@H]5[NH+]=C(N)N[C@@]54C3(O)O)c21. The summed E-state index contributed by atoms with van der Waals surface area (Å²) in [5.74, 6) is -3.62. The van der Waals surface area contributed by atoms with Crippen LogP contribution in [0.3, 0.4) is 0 Å². The summed E-state index contributed by atoms with van der Waals surface area (Å²) < 4.78 is 0. The van der Waals surface area contributed by atoms with Gasteiger partial charge in [0.25, 0.3) is 11.6 Å². The smallest absolute Gasteiger partial charge is 0.343 e. The number of nitrogens with one attached hydrogen (secondary N) is 3. The van der Waals surface area contributed by atoms with Crippen molar-refractivity contribution in [3.8, 4) is 0 Å². The van der Waals surface area contributed by atoms with E-state index in [2.05, 4.69) is 34.5 Å². The number of rotatable bonds is 4. The topological polar surface area (TPSA) is 201 Å². The Balaban J connectivity index is 1.33. The fraction of sp³-hybridized carbons (Fsp3) is 0.560. The number of fused-ring (bicyclic) bond motifs is 1. The number of likely N-dealkylation sites (tertiary alicyclic amines) is 1. The van der Waals surface area contributed by atoms with Gasteiger partial charge in [-0.15, -0.1) is 0 Å². The first-order valence-corrected chi connectivity index (χ1v) is 12.9. The highest BCUT2D eigenvalue weighted by Crippen LogP contribution is 2.43. The van der Waals surface area contributed by atoms with Gasteiger partial charge in [0.1, 0.15) is 12.1 Å². The van der Waals surface area contributed by atoms with Gasteiger partial charge in [0.15, 0.2) is 12.0 Å². The number of aliphatic hydroxyl groups is 2. The molecule has 13 heteroatoms. The van der Waals surface area contributed by atoms with Crippen LogP contribution in [-0.4, -0.2) is 92.3 Å². The molecule has 38 heavy (non-hydrogen) atoms.